The minimum atomic E-state index is 0.608. The van der Waals surface area contributed by atoms with Crippen molar-refractivity contribution in [3.05, 3.63) is 17.1 Å². The highest BCUT2D eigenvalue weighted by molar-refractivity contribution is 5.46. The molecule has 1 aliphatic heterocycles. The van der Waals surface area contributed by atoms with Crippen LogP contribution < -0.4 is 5.32 Å². The molecule has 1 N–H and O–H groups in total. The number of anilines is 1. The second-order valence-electron chi connectivity index (χ2n) is 3.91. The zero-order valence-electron chi connectivity index (χ0n) is 10.5. The summed E-state index contributed by atoms with van der Waals surface area (Å²) in [5, 5.41) is 3.11. The molecule has 0 fully saturated rings. The molecule has 5 nitrogen and oxygen atoms in total. The lowest BCUT2D eigenvalue weighted by Crippen LogP contribution is -2.17. The zero-order valence-corrected chi connectivity index (χ0v) is 10.5. The van der Waals surface area contributed by atoms with Gasteiger partial charge in [0.2, 0.25) is 0 Å². The first-order valence-corrected chi connectivity index (χ1v) is 6.07. The molecule has 0 spiro atoms. The predicted octanol–water partition coefficient (Wildman–Crippen LogP) is 1.17. The summed E-state index contributed by atoms with van der Waals surface area (Å²) in [6.07, 6.45) is 1.63. The molecular formula is C12H19N3O2. The summed E-state index contributed by atoms with van der Waals surface area (Å²) in [6, 6.07) is 0. The van der Waals surface area contributed by atoms with Gasteiger partial charge in [0, 0.05) is 32.1 Å². The van der Waals surface area contributed by atoms with Crippen LogP contribution in [-0.2, 0) is 28.9 Å². The smallest absolute Gasteiger partial charge is 0.135 e. The number of aromatic nitrogens is 2. The molecule has 0 aliphatic carbocycles. The molecule has 0 atom stereocenters. The van der Waals surface area contributed by atoms with Crippen LogP contribution in [0.25, 0.3) is 0 Å². The number of nitrogens with one attached hydrogen (secondary N) is 1. The first-order chi connectivity index (χ1) is 8.35. The first kappa shape index (κ1) is 12.3. The van der Waals surface area contributed by atoms with Crippen LogP contribution in [0.15, 0.2) is 0 Å². The molecule has 1 aromatic heterocycles. The third-order valence-electron chi connectivity index (χ3n) is 2.78. The second kappa shape index (κ2) is 5.93. The Balaban J connectivity index is 2.17. The van der Waals surface area contributed by atoms with Crippen molar-refractivity contribution in [1.29, 1.82) is 0 Å². The molecule has 17 heavy (non-hydrogen) atoms. The molecule has 2 rings (SSSR count). The summed E-state index contributed by atoms with van der Waals surface area (Å²) in [4.78, 5) is 9.08. The maximum absolute atomic E-state index is 5.43. The Labute approximate surface area is 102 Å². The Morgan fingerprint density at radius 1 is 1.41 bits per heavy atom. The van der Waals surface area contributed by atoms with Gasteiger partial charge >= 0.3 is 0 Å². The molecular weight excluding hydrogens is 218 g/mol. The molecule has 0 saturated carbocycles. The van der Waals surface area contributed by atoms with Crippen LogP contribution in [0, 0.1) is 0 Å². The fraction of sp³-hybridized carbons (Fsp3) is 0.667. The minimum absolute atomic E-state index is 0.608. The van der Waals surface area contributed by atoms with Gasteiger partial charge in [0.05, 0.1) is 25.5 Å². The molecule has 94 valence electrons. The minimum Gasteiger partial charge on any atom is -0.381 e. The van der Waals surface area contributed by atoms with E-state index in [0.717, 1.165) is 49.0 Å². The summed E-state index contributed by atoms with van der Waals surface area (Å²) >= 11 is 0. The van der Waals surface area contributed by atoms with E-state index in [-0.39, 0.29) is 0 Å². The summed E-state index contributed by atoms with van der Waals surface area (Å²) in [7, 11) is 1.88. The van der Waals surface area contributed by atoms with Gasteiger partial charge < -0.3 is 14.8 Å². The SMILES string of the molecule is CCOCCc1nc2c(c(NC)n1)COCC2. The topological polar surface area (TPSA) is 56.3 Å². The molecule has 0 unspecified atom stereocenters. The van der Waals surface area contributed by atoms with Crippen molar-refractivity contribution in [2.75, 3.05) is 32.2 Å². The van der Waals surface area contributed by atoms with E-state index in [1.807, 2.05) is 14.0 Å². The number of ether oxygens (including phenoxy) is 2. The lowest BCUT2D eigenvalue weighted by molar-refractivity contribution is 0.109. The van der Waals surface area contributed by atoms with Crippen LogP contribution in [0.4, 0.5) is 5.82 Å². The average molecular weight is 237 g/mol. The van der Waals surface area contributed by atoms with Crippen LogP contribution in [-0.4, -0.2) is 36.8 Å². The number of hydrogen-bond donors (Lipinski definition) is 1. The van der Waals surface area contributed by atoms with Crippen LogP contribution >= 0.6 is 0 Å². The van der Waals surface area contributed by atoms with Gasteiger partial charge in [-0.1, -0.05) is 0 Å². The number of fused-ring (bicyclic) bond motifs is 1. The first-order valence-electron chi connectivity index (χ1n) is 6.07. The Hall–Kier alpha value is -1.20. The second-order valence-corrected chi connectivity index (χ2v) is 3.91. The van der Waals surface area contributed by atoms with Crippen molar-refractivity contribution in [3.8, 4) is 0 Å². The van der Waals surface area contributed by atoms with Gasteiger partial charge in [-0.15, -0.1) is 0 Å². The van der Waals surface area contributed by atoms with Gasteiger partial charge in [-0.05, 0) is 6.92 Å². The molecule has 0 bridgehead atoms. The molecule has 0 saturated heterocycles. The Morgan fingerprint density at radius 2 is 2.29 bits per heavy atom. The van der Waals surface area contributed by atoms with Crippen molar-refractivity contribution in [3.63, 3.8) is 0 Å². The van der Waals surface area contributed by atoms with Crippen molar-refractivity contribution < 1.29 is 9.47 Å². The highest BCUT2D eigenvalue weighted by atomic mass is 16.5. The Morgan fingerprint density at radius 3 is 3.06 bits per heavy atom. The number of hydrogen-bond acceptors (Lipinski definition) is 5. The van der Waals surface area contributed by atoms with Crippen LogP contribution in [0.1, 0.15) is 24.0 Å². The normalized spacial score (nSPS) is 14.5. The average Bonchev–Trinajstić information content (AvgIpc) is 2.38. The predicted molar refractivity (Wildman–Crippen MR) is 65.1 cm³/mol. The van der Waals surface area contributed by atoms with E-state index in [1.54, 1.807) is 0 Å². The molecule has 0 aromatic carbocycles. The lowest BCUT2D eigenvalue weighted by atomic mass is 10.1. The van der Waals surface area contributed by atoms with Crippen molar-refractivity contribution in [1.82, 2.24) is 9.97 Å². The fourth-order valence-electron chi connectivity index (χ4n) is 1.91. The molecule has 5 heteroatoms. The summed E-state index contributed by atoms with van der Waals surface area (Å²) in [6.45, 7) is 4.76. The molecule has 1 aromatic rings. The van der Waals surface area contributed by atoms with E-state index in [2.05, 4.69) is 15.3 Å². The van der Waals surface area contributed by atoms with Gasteiger partial charge in [0.1, 0.15) is 11.6 Å². The molecule has 0 radical (unpaired) electrons. The van der Waals surface area contributed by atoms with Gasteiger partial charge in [-0.3, -0.25) is 0 Å². The molecule has 0 amide bonds. The lowest BCUT2D eigenvalue weighted by Gasteiger charge is -2.19. The van der Waals surface area contributed by atoms with Crippen molar-refractivity contribution >= 4 is 5.82 Å². The van der Waals surface area contributed by atoms with Crippen molar-refractivity contribution in [2.45, 2.75) is 26.4 Å². The van der Waals surface area contributed by atoms with Crippen molar-refractivity contribution in [2.24, 2.45) is 0 Å². The van der Waals surface area contributed by atoms with E-state index in [1.165, 1.54) is 0 Å². The molecule has 1 aliphatic rings. The van der Waals surface area contributed by atoms with Gasteiger partial charge in [0.15, 0.2) is 0 Å². The Kier molecular flexibility index (Phi) is 4.28. The van der Waals surface area contributed by atoms with E-state index < -0.39 is 0 Å². The van der Waals surface area contributed by atoms with Gasteiger partial charge in [-0.25, -0.2) is 9.97 Å². The highest BCUT2D eigenvalue weighted by Gasteiger charge is 2.17. The Bertz CT molecular complexity index is 365. The maximum Gasteiger partial charge on any atom is 0.135 e. The van der Waals surface area contributed by atoms with E-state index >= 15 is 0 Å². The van der Waals surface area contributed by atoms with E-state index in [9.17, 15) is 0 Å². The van der Waals surface area contributed by atoms with E-state index in [4.69, 9.17) is 9.47 Å². The van der Waals surface area contributed by atoms with Crippen LogP contribution in [0.5, 0.6) is 0 Å². The summed E-state index contributed by atoms with van der Waals surface area (Å²) < 4.78 is 10.8. The van der Waals surface area contributed by atoms with Crippen LogP contribution in [0.2, 0.25) is 0 Å². The summed E-state index contributed by atoms with van der Waals surface area (Å²) in [5.74, 6) is 1.74. The largest absolute Gasteiger partial charge is 0.381 e. The molecule has 2 heterocycles. The van der Waals surface area contributed by atoms with Crippen LogP contribution in [0.3, 0.4) is 0 Å². The third-order valence-corrected chi connectivity index (χ3v) is 2.78. The third kappa shape index (κ3) is 2.92. The summed E-state index contributed by atoms with van der Waals surface area (Å²) in [5.41, 5.74) is 2.21. The monoisotopic (exact) mass is 237 g/mol. The van der Waals surface area contributed by atoms with Gasteiger partial charge in [-0.2, -0.15) is 0 Å². The maximum atomic E-state index is 5.43. The zero-order chi connectivity index (χ0) is 12.1. The quantitative estimate of drug-likeness (QED) is 0.779. The van der Waals surface area contributed by atoms with Gasteiger partial charge in [0.25, 0.3) is 0 Å². The van der Waals surface area contributed by atoms with E-state index in [0.29, 0.717) is 13.2 Å². The fourth-order valence-corrected chi connectivity index (χ4v) is 1.91. The standard InChI is InChI=1S/C12H19N3O2/c1-3-16-7-5-11-14-10-4-6-17-8-9(10)12(13-2)15-11/h3-8H2,1-2H3,(H,13,14,15). The highest BCUT2D eigenvalue weighted by Crippen LogP contribution is 2.21. The number of rotatable bonds is 5. The number of nitrogens with zero attached hydrogens (tertiary/aromatic N) is 2.